The van der Waals surface area contributed by atoms with Crippen LogP contribution in [0.1, 0.15) is 59.0 Å². The summed E-state index contributed by atoms with van der Waals surface area (Å²) in [5, 5.41) is 7.89. The lowest BCUT2D eigenvalue weighted by atomic mass is 10.1. The lowest BCUT2D eigenvalue weighted by Gasteiger charge is -2.18. The number of nitrogens with zero attached hydrogens (tertiary/aromatic N) is 4. The zero-order valence-corrected chi connectivity index (χ0v) is 15.8. The van der Waals surface area contributed by atoms with Gasteiger partial charge in [-0.25, -0.2) is 0 Å². The van der Waals surface area contributed by atoms with Crippen LogP contribution in [0.25, 0.3) is 11.0 Å². The molecule has 0 atom stereocenters. The first-order valence-corrected chi connectivity index (χ1v) is 10.2. The van der Waals surface area contributed by atoms with Gasteiger partial charge in [-0.1, -0.05) is 12.8 Å². The molecule has 2 aliphatic rings. The lowest BCUT2D eigenvalue weighted by molar-refractivity contribution is 0.0947. The Morgan fingerprint density at radius 1 is 1.26 bits per heavy atom. The fraction of sp³-hybridized carbons (Fsp3) is 0.474. The maximum atomic E-state index is 12.6. The summed E-state index contributed by atoms with van der Waals surface area (Å²) < 4.78 is 16.3. The minimum absolute atomic E-state index is 0.120. The number of fused-ring (bicyclic) bond motifs is 2. The van der Waals surface area contributed by atoms with Gasteiger partial charge in [0.25, 0.3) is 5.91 Å². The zero-order chi connectivity index (χ0) is 18.2. The van der Waals surface area contributed by atoms with Gasteiger partial charge in [-0.2, -0.15) is 13.8 Å². The first kappa shape index (κ1) is 16.8. The Balaban J connectivity index is 1.36. The van der Waals surface area contributed by atoms with Gasteiger partial charge < -0.3 is 10.1 Å². The molecule has 1 aromatic carbocycles. The Labute approximate surface area is 161 Å². The highest BCUT2D eigenvalue weighted by Gasteiger charge is 2.27. The molecule has 1 saturated carbocycles. The van der Waals surface area contributed by atoms with E-state index in [-0.39, 0.29) is 5.91 Å². The molecule has 7 nitrogen and oxygen atoms in total. The van der Waals surface area contributed by atoms with Gasteiger partial charge >= 0.3 is 0 Å². The average Bonchev–Trinajstić information content (AvgIpc) is 3.44. The Bertz CT molecular complexity index is 989. The first-order chi connectivity index (χ1) is 13.3. The van der Waals surface area contributed by atoms with Gasteiger partial charge in [0.05, 0.1) is 43.2 Å². The monoisotopic (exact) mass is 383 g/mol. The number of aromatic nitrogens is 4. The van der Waals surface area contributed by atoms with E-state index in [1.165, 1.54) is 31.4 Å². The zero-order valence-electron chi connectivity index (χ0n) is 15.0. The molecule has 0 unspecified atom stereocenters. The maximum absolute atomic E-state index is 12.6. The van der Waals surface area contributed by atoms with E-state index in [1.807, 2.05) is 6.07 Å². The minimum atomic E-state index is -0.120. The van der Waals surface area contributed by atoms with Gasteiger partial charge in [0.15, 0.2) is 0 Å². The molecule has 5 rings (SSSR count). The molecule has 1 N–H and O–H groups in total. The number of ether oxygens (including phenoxy) is 1. The summed E-state index contributed by atoms with van der Waals surface area (Å²) in [6.45, 7) is 1.75. The molecule has 2 aromatic heterocycles. The summed E-state index contributed by atoms with van der Waals surface area (Å²) in [6, 6.07) is 5.90. The molecular formula is C19H21N5O2S. The van der Waals surface area contributed by atoms with Crippen LogP contribution < -0.4 is 5.32 Å². The molecule has 0 bridgehead atoms. The molecular weight excluding hydrogens is 362 g/mol. The Morgan fingerprint density at radius 2 is 2.11 bits per heavy atom. The van der Waals surface area contributed by atoms with E-state index in [4.69, 9.17) is 9.84 Å². The highest BCUT2D eigenvalue weighted by Crippen LogP contribution is 2.33. The van der Waals surface area contributed by atoms with E-state index in [0.29, 0.717) is 24.8 Å². The van der Waals surface area contributed by atoms with Crippen molar-refractivity contribution in [3.05, 3.63) is 40.7 Å². The summed E-state index contributed by atoms with van der Waals surface area (Å²) in [5.41, 5.74) is 5.55. The number of carbonyl (C=O) groups is 1. The molecule has 140 valence electrons. The molecule has 1 fully saturated rings. The highest BCUT2D eigenvalue weighted by molar-refractivity contribution is 7.00. The number of hydrogen-bond donors (Lipinski definition) is 1. The third kappa shape index (κ3) is 3.12. The predicted octanol–water partition coefficient (Wildman–Crippen LogP) is 3.01. The summed E-state index contributed by atoms with van der Waals surface area (Å²) in [7, 11) is 0. The van der Waals surface area contributed by atoms with E-state index in [9.17, 15) is 4.79 Å². The number of carbonyl (C=O) groups excluding carboxylic acids is 1. The molecule has 1 aliphatic heterocycles. The van der Waals surface area contributed by atoms with Gasteiger partial charge in [0.1, 0.15) is 11.0 Å². The largest absolute Gasteiger partial charge is 0.376 e. The topological polar surface area (TPSA) is 81.9 Å². The predicted molar refractivity (Wildman–Crippen MR) is 102 cm³/mol. The van der Waals surface area contributed by atoms with E-state index >= 15 is 0 Å². The van der Waals surface area contributed by atoms with Crippen LogP contribution in [-0.4, -0.2) is 31.0 Å². The normalized spacial score (nSPS) is 17.3. The molecule has 3 aromatic rings. The molecule has 1 aliphatic carbocycles. The van der Waals surface area contributed by atoms with E-state index in [1.54, 1.807) is 12.1 Å². The van der Waals surface area contributed by atoms with E-state index < -0.39 is 0 Å². The maximum Gasteiger partial charge on any atom is 0.251 e. The minimum Gasteiger partial charge on any atom is -0.376 e. The number of benzene rings is 1. The lowest BCUT2D eigenvalue weighted by Crippen LogP contribution is -2.24. The Hall–Kier alpha value is -2.32. The van der Waals surface area contributed by atoms with Crippen LogP contribution in [0.2, 0.25) is 0 Å². The molecule has 0 spiro atoms. The Morgan fingerprint density at radius 3 is 3.00 bits per heavy atom. The van der Waals surface area contributed by atoms with Crippen molar-refractivity contribution in [1.82, 2.24) is 23.8 Å². The summed E-state index contributed by atoms with van der Waals surface area (Å²) in [4.78, 5) is 12.6. The molecule has 0 radical (unpaired) electrons. The number of rotatable bonds is 4. The smallest absolute Gasteiger partial charge is 0.251 e. The number of nitrogens with one attached hydrogen (secondary N) is 1. The molecule has 27 heavy (non-hydrogen) atoms. The van der Waals surface area contributed by atoms with Gasteiger partial charge in [-0.05, 0) is 31.0 Å². The number of hydrogen-bond acceptors (Lipinski definition) is 6. The third-order valence-electron chi connectivity index (χ3n) is 5.53. The van der Waals surface area contributed by atoms with E-state index in [2.05, 4.69) is 18.7 Å². The van der Waals surface area contributed by atoms with Crippen LogP contribution in [0.4, 0.5) is 0 Å². The summed E-state index contributed by atoms with van der Waals surface area (Å²) in [5.74, 6) is -0.120. The Kier molecular flexibility index (Phi) is 4.37. The fourth-order valence-corrected chi connectivity index (χ4v) is 4.63. The van der Waals surface area contributed by atoms with Crippen molar-refractivity contribution in [2.24, 2.45) is 0 Å². The molecule has 1 amide bonds. The second-order valence-electron chi connectivity index (χ2n) is 7.21. The number of amides is 1. The molecule has 0 saturated heterocycles. The van der Waals surface area contributed by atoms with Crippen molar-refractivity contribution < 1.29 is 9.53 Å². The standard InChI is InChI=1S/C19H21N5O2S/c25-19(12-5-6-15-16(9-12)23-27-22-15)20-10-17-14-11-26-8-7-18(14)24(21-17)13-3-1-2-4-13/h5-6,9,13H,1-4,7-8,10-11H2,(H,20,25). The third-order valence-corrected chi connectivity index (χ3v) is 6.09. The van der Waals surface area contributed by atoms with Crippen LogP contribution >= 0.6 is 11.7 Å². The van der Waals surface area contributed by atoms with Crippen LogP contribution in [0.3, 0.4) is 0 Å². The van der Waals surface area contributed by atoms with Crippen molar-refractivity contribution >= 4 is 28.7 Å². The van der Waals surface area contributed by atoms with Crippen molar-refractivity contribution in [2.75, 3.05) is 6.61 Å². The van der Waals surface area contributed by atoms with Crippen molar-refractivity contribution in [2.45, 2.75) is 51.3 Å². The van der Waals surface area contributed by atoms with Gasteiger partial charge in [0.2, 0.25) is 0 Å². The van der Waals surface area contributed by atoms with Crippen molar-refractivity contribution in [1.29, 1.82) is 0 Å². The second-order valence-corrected chi connectivity index (χ2v) is 7.74. The van der Waals surface area contributed by atoms with Gasteiger partial charge in [0, 0.05) is 23.2 Å². The fourth-order valence-electron chi connectivity index (χ4n) is 4.11. The van der Waals surface area contributed by atoms with Gasteiger partial charge in [-0.15, -0.1) is 0 Å². The SMILES string of the molecule is O=C(NCc1nn(C2CCCC2)c2c1COCC2)c1ccc2nsnc2c1. The van der Waals surface area contributed by atoms with Crippen LogP contribution in [0.5, 0.6) is 0 Å². The molecule has 3 heterocycles. The average molecular weight is 383 g/mol. The van der Waals surface area contributed by atoms with Crippen molar-refractivity contribution in [3.63, 3.8) is 0 Å². The van der Waals surface area contributed by atoms with Crippen molar-refractivity contribution in [3.8, 4) is 0 Å². The summed E-state index contributed by atoms with van der Waals surface area (Å²) in [6.07, 6.45) is 5.84. The quantitative estimate of drug-likeness (QED) is 0.749. The second kappa shape index (κ2) is 7.01. The summed E-state index contributed by atoms with van der Waals surface area (Å²) >= 11 is 1.16. The highest BCUT2D eigenvalue weighted by atomic mass is 32.1. The first-order valence-electron chi connectivity index (χ1n) is 9.47. The molecule has 8 heteroatoms. The van der Waals surface area contributed by atoms with Crippen LogP contribution in [0, 0.1) is 0 Å². The van der Waals surface area contributed by atoms with Crippen LogP contribution in [0.15, 0.2) is 18.2 Å². The van der Waals surface area contributed by atoms with Crippen LogP contribution in [-0.2, 0) is 24.3 Å². The van der Waals surface area contributed by atoms with Gasteiger partial charge in [-0.3, -0.25) is 9.48 Å². The van der Waals surface area contributed by atoms with E-state index in [0.717, 1.165) is 47.0 Å².